The van der Waals surface area contributed by atoms with E-state index < -0.39 is 17.2 Å². The lowest BCUT2D eigenvalue weighted by Gasteiger charge is -2.21. The minimum Gasteiger partial charge on any atom is -0.384 e. The number of terminal acetylenes is 1. The number of benzene rings is 1. The van der Waals surface area contributed by atoms with E-state index in [-0.39, 0.29) is 12.0 Å². The maximum Gasteiger partial charge on any atom is 0.132 e. The van der Waals surface area contributed by atoms with Crippen LogP contribution in [0.4, 0.5) is 8.78 Å². The molecule has 0 radical (unpaired) electrons. The van der Waals surface area contributed by atoms with E-state index in [2.05, 4.69) is 5.92 Å². The monoisotopic (exact) mass is 196 g/mol. The molecule has 1 N–H and O–H groups in total. The molecule has 0 spiro atoms. The average molecular weight is 196 g/mol. The smallest absolute Gasteiger partial charge is 0.132 e. The molecule has 1 aromatic carbocycles. The topological polar surface area (TPSA) is 20.2 Å². The van der Waals surface area contributed by atoms with Crippen LogP contribution in [0.3, 0.4) is 0 Å². The molecule has 0 bridgehead atoms. The molecular weight excluding hydrogens is 186 g/mol. The Morgan fingerprint density at radius 3 is 2.64 bits per heavy atom. The molecule has 0 saturated heterocycles. The molecule has 1 rings (SSSR count). The summed E-state index contributed by atoms with van der Waals surface area (Å²) in [5.74, 6) is 0.773. The van der Waals surface area contributed by atoms with Crippen molar-refractivity contribution in [2.24, 2.45) is 0 Å². The summed E-state index contributed by atoms with van der Waals surface area (Å²) >= 11 is 0. The molecule has 0 aromatic heterocycles. The highest BCUT2D eigenvalue weighted by molar-refractivity contribution is 5.25. The first-order valence-corrected chi connectivity index (χ1v) is 4.09. The largest absolute Gasteiger partial charge is 0.384 e. The quantitative estimate of drug-likeness (QED) is 0.719. The van der Waals surface area contributed by atoms with Crippen LogP contribution in [-0.2, 0) is 5.60 Å². The van der Waals surface area contributed by atoms with Crippen LogP contribution >= 0.6 is 0 Å². The molecule has 0 heterocycles. The van der Waals surface area contributed by atoms with Gasteiger partial charge in [-0.15, -0.1) is 12.3 Å². The maximum absolute atomic E-state index is 13.2. The van der Waals surface area contributed by atoms with Gasteiger partial charge in [-0.3, -0.25) is 0 Å². The van der Waals surface area contributed by atoms with E-state index in [1.54, 1.807) is 0 Å². The van der Waals surface area contributed by atoms with E-state index in [0.717, 1.165) is 12.1 Å². The zero-order valence-electron chi connectivity index (χ0n) is 7.72. The molecule has 1 aromatic rings. The summed E-state index contributed by atoms with van der Waals surface area (Å²) < 4.78 is 25.8. The Kier molecular flexibility index (Phi) is 2.87. The summed E-state index contributed by atoms with van der Waals surface area (Å²) in [7, 11) is 0. The molecule has 0 fully saturated rings. The van der Waals surface area contributed by atoms with Gasteiger partial charge in [0.2, 0.25) is 0 Å². The predicted molar refractivity (Wildman–Crippen MR) is 49.4 cm³/mol. The standard InChI is InChI=1S/C11H10F2O/c1-3-6-11(2,14)9-5-4-8(12)7-10(9)13/h1,4-5,7,14H,6H2,2H3. The first kappa shape index (κ1) is 10.7. The average Bonchev–Trinajstić information content (AvgIpc) is 2.02. The fraction of sp³-hybridized carbons (Fsp3) is 0.273. The second kappa shape index (κ2) is 3.77. The van der Waals surface area contributed by atoms with Crippen molar-refractivity contribution in [3.63, 3.8) is 0 Å². The van der Waals surface area contributed by atoms with Gasteiger partial charge >= 0.3 is 0 Å². The molecule has 0 amide bonds. The van der Waals surface area contributed by atoms with Gasteiger partial charge in [0.1, 0.15) is 17.2 Å². The minimum atomic E-state index is -1.45. The number of halogens is 2. The third kappa shape index (κ3) is 2.09. The number of hydrogen-bond acceptors (Lipinski definition) is 1. The Balaban J connectivity index is 3.14. The maximum atomic E-state index is 13.2. The Bertz CT molecular complexity index is 377. The van der Waals surface area contributed by atoms with Crippen LogP contribution in [0.5, 0.6) is 0 Å². The summed E-state index contributed by atoms with van der Waals surface area (Å²) in [6.45, 7) is 1.39. The van der Waals surface area contributed by atoms with Crippen LogP contribution in [0, 0.1) is 24.0 Å². The van der Waals surface area contributed by atoms with E-state index >= 15 is 0 Å². The lowest BCUT2D eigenvalue weighted by atomic mass is 9.92. The first-order valence-electron chi connectivity index (χ1n) is 4.09. The van der Waals surface area contributed by atoms with Crippen molar-refractivity contribution in [2.45, 2.75) is 18.9 Å². The highest BCUT2D eigenvalue weighted by Gasteiger charge is 2.25. The van der Waals surface area contributed by atoms with Gasteiger partial charge in [0.15, 0.2) is 0 Å². The van der Waals surface area contributed by atoms with Crippen molar-refractivity contribution >= 4 is 0 Å². The molecule has 0 aliphatic heterocycles. The SMILES string of the molecule is C#CCC(C)(O)c1ccc(F)cc1F. The molecule has 0 aliphatic carbocycles. The molecule has 0 aliphatic rings. The van der Waals surface area contributed by atoms with E-state index in [1.807, 2.05) is 0 Å². The van der Waals surface area contributed by atoms with Gasteiger partial charge in [0, 0.05) is 18.1 Å². The number of aliphatic hydroxyl groups is 1. The van der Waals surface area contributed by atoms with Crippen LogP contribution in [0.1, 0.15) is 18.9 Å². The van der Waals surface area contributed by atoms with E-state index in [4.69, 9.17) is 6.42 Å². The summed E-state index contributed by atoms with van der Waals surface area (Å²) in [5, 5.41) is 9.75. The fourth-order valence-electron chi connectivity index (χ4n) is 1.22. The second-order valence-corrected chi connectivity index (χ2v) is 3.28. The van der Waals surface area contributed by atoms with Gasteiger partial charge in [-0.2, -0.15) is 0 Å². The summed E-state index contributed by atoms with van der Waals surface area (Å²) in [4.78, 5) is 0. The zero-order chi connectivity index (χ0) is 10.8. The third-order valence-electron chi connectivity index (χ3n) is 1.96. The van der Waals surface area contributed by atoms with Crippen molar-refractivity contribution in [1.29, 1.82) is 0 Å². The molecule has 3 heteroatoms. The minimum absolute atomic E-state index is 0.0110. The fourth-order valence-corrected chi connectivity index (χ4v) is 1.22. The Morgan fingerprint density at radius 2 is 2.14 bits per heavy atom. The van der Waals surface area contributed by atoms with Gasteiger partial charge in [-0.1, -0.05) is 6.07 Å². The van der Waals surface area contributed by atoms with Crippen LogP contribution in [0.15, 0.2) is 18.2 Å². The molecule has 14 heavy (non-hydrogen) atoms. The Labute approximate surface area is 81.4 Å². The highest BCUT2D eigenvalue weighted by Crippen LogP contribution is 2.26. The van der Waals surface area contributed by atoms with E-state index in [0.29, 0.717) is 0 Å². The Morgan fingerprint density at radius 1 is 1.50 bits per heavy atom. The lowest BCUT2D eigenvalue weighted by Crippen LogP contribution is -2.22. The number of hydrogen-bond donors (Lipinski definition) is 1. The van der Waals surface area contributed by atoms with E-state index in [1.165, 1.54) is 13.0 Å². The Hall–Kier alpha value is -1.40. The van der Waals surface area contributed by atoms with Gasteiger partial charge in [0.25, 0.3) is 0 Å². The third-order valence-corrected chi connectivity index (χ3v) is 1.96. The van der Waals surface area contributed by atoms with E-state index in [9.17, 15) is 13.9 Å². The summed E-state index contributed by atoms with van der Waals surface area (Å²) in [6, 6.07) is 3.01. The van der Waals surface area contributed by atoms with Crippen LogP contribution < -0.4 is 0 Å². The van der Waals surface area contributed by atoms with Gasteiger partial charge < -0.3 is 5.11 Å². The summed E-state index contributed by atoms with van der Waals surface area (Å²) in [5.41, 5.74) is -1.44. The van der Waals surface area contributed by atoms with Crippen molar-refractivity contribution in [1.82, 2.24) is 0 Å². The summed E-state index contributed by atoms with van der Waals surface area (Å²) in [6.07, 6.45) is 5.01. The normalized spacial score (nSPS) is 14.5. The molecular formula is C11H10F2O. The van der Waals surface area contributed by atoms with Crippen LogP contribution in [0.2, 0.25) is 0 Å². The molecule has 1 unspecified atom stereocenters. The second-order valence-electron chi connectivity index (χ2n) is 3.28. The highest BCUT2D eigenvalue weighted by atomic mass is 19.1. The molecule has 1 atom stereocenters. The van der Waals surface area contributed by atoms with Crippen LogP contribution in [-0.4, -0.2) is 5.11 Å². The van der Waals surface area contributed by atoms with Gasteiger partial charge in [-0.05, 0) is 13.0 Å². The molecule has 1 nitrogen and oxygen atoms in total. The number of rotatable bonds is 2. The van der Waals surface area contributed by atoms with Crippen molar-refractivity contribution in [2.75, 3.05) is 0 Å². The lowest BCUT2D eigenvalue weighted by molar-refractivity contribution is 0.0589. The van der Waals surface area contributed by atoms with Crippen molar-refractivity contribution < 1.29 is 13.9 Å². The van der Waals surface area contributed by atoms with Gasteiger partial charge in [-0.25, -0.2) is 8.78 Å². The molecule has 0 saturated carbocycles. The van der Waals surface area contributed by atoms with Crippen molar-refractivity contribution in [3.8, 4) is 12.3 Å². The van der Waals surface area contributed by atoms with Crippen molar-refractivity contribution in [3.05, 3.63) is 35.4 Å². The van der Waals surface area contributed by atoms with Crippen LogP contribution in [0.25, 0.3) is 0 Å². The first-order chi connectivity index (χ1) is 6.47. The zero-order valence-corrected chi connectivity index (χ0v) is 7.72. The van der Waals surface area contributed by atoms with Gasteiger partial charge in [0.05, 0.1) is 0 Å². The molecule has 74 valence electrons. The predicted octanol–water partition coefficient (Wildman–Crippen LogP) is 2.20.